The molecule has 0 aliphatic carbocycles. The number of nitrogens with one attached hydrogen (secondary N) is 1. The minimum atomic E-state index is 0.389. The lowest BCUT2D eigenvalue weighted by Crippen LogP contribution is -2.34. The second kappa shape index (κ2) is 11.9. The molecule has 1 aliphatic heterocycles. The van der Waals surface area contributed by atoms with Crippen LogP contribution in [0.25, 0.3) is 10.9 Å². The summed E-state index contributed by atoms with van der Waals surface area (Å²) in [5.41, 5.74) is 9.68. The molecule has 1 aromatic carbocycles. The van der Waals surface area contributed by atoms with E-state index in [2.05, 4.69) is 32.0 Å². The van der Waals surface area contributed by atoms with E-state index in [1.165, 1.54) is 38.9 Å². The van der Waals surface area contributed by atoms with Gasteiger partial charge in [0.1, 0.15) is 17.6 Å². The number of aldehydes is 1. The van der Waals surface area contributed by atoms with Gasteiger partial charge in [0.05, 0.1) is 5.56 Å². The van der Waals surface area contributed by atoms with Crippen molar-refractivity contribution in [3.8, 4) is 11.8 Å². The molecule has 3 aromatic rings. The quantitative estimate of drug-likeness (QED) is 0.488. The van der Waals surface area contributed by atoms with Crippen molar-refractivity contribution in [2.24, 2.45) is 0 Å². The predicted molar refractivity (Wildman–Crippen MR) is 131 cm³/mol. The van der Waals surface area contributed by atoms with E-state index in [0.29, 0.717) is 16.9 Å². The standard InChI is InChI=1S/C18H13N3O.C8H18N2/c1-12-4-5-13(11-22)9-14(12)6-7-15-10-21-18(19)17-16(15)3-2-8-20-17;1-9-5-8-10-6-3-2-4-7-10/h2-5,8-11H,1H3,(H2,19,21);9H,2-8H2,1H3. The molecule has 32 heavy (non-hydrogen) atoms. The highest BCUT2D eigenvalue weighted by Crippen LogP contribution is 2.19. The predicted octanol–water partition coefficient (Wildman–Crippen LogP) is 3.42. The van der Waals surface area contributed by atoms with Gasteiger partial charge in [0.25, 0.3) is 0 Å². The lowest BCUT2D eigenvalue weighted by Gasteiger charge is -2.25. The van der Waals surface area contributed by atoms with Gasteiger partial charge in [-0.1, -0.05) is 30.4 Å². The Morgan fingerprint density at radius 3 is 2.66 bits per heavy atom. The third-order valence-electron chi connectivity index (χ3n) is 5.53. The molecule has 0 bridgehead atoms. The van der Waals surface area contributed by atoms with Gasteiger partial charge >= 0.3 is 0 Å². The van der Waals surface area contributed by atoms with Gasteiger partial charge in [0.15, 0.2) is 0 Å². The maximum absolute atomic E-state index is 10.9. The molecule has 0 spiro atoms. The first-order valence-corrected chi connectivity index (χ1v) is 11.1. The molecular weight excluding hydrogens is 398 g/mol. The minimum absolute atomic E-state index is 0.389. The fourth-order valence-electron chi connectivity index (χ4n) is 3.63. The summed E-state index contributed by atoms with van der Waals surface area (Å²) in [7, 11) is 2.02. The minimum Gasteiger partial charge on any atom is -0.382 e. The van der Waals surface area contributed by atoms with Crippen LogP contribution in [0.5, 0.6) is 0 Å². The van der Waals surface area contributed by atoms with Crippen LogP contribution in [0.2, 0.25) is 0 Å². The zero-order valence-corrected chi connectivity index (χ0v) is 18.9. The Bertz CT molecular complexity index is 1110. The first-order chi connectivity index (χ1) is 15.6. The number of carbonyl (C=O) groups is 1. The molecule has 3 N–H and O–H groups in total. The number of pyridine rings is 2. The molecule has 0 unspecified atom stereocenters. The summed E-state index contributed by atoms with van der Waals surface area (Å²) in [6.45, 7) is 6.97. The Morgan fingerprint density at radius 2 is 1.91 bits per heavy atom. The second-order valence-corrected chi connectivity index (χ2v) is 7.90. The summed E-state index contributed by atoms with van der Waals surface area (Å²) in [4.78, 5) is 21.8. The van der Waals surface area contributed by atoms with Crippen LogP contribution >= 0.6 is 0 Å². The SMILES string of the molecule is CNCCN1CCCCC1.Cc1ccc(C=O)cc1C#Cc1cnc(N)c2ncccc12. The highest BCUT2D eigenvalue weighted by Gasteiger charge is 2.08. The van der Waals surface area contributed by atoms with Crippen molar-refractivity contribution in [3.63, 3.8) is 0 Å². The van der Waals surface area contributed by atoms with Crippen LogP contribution in [0.3, 0.4) is 0 Å². The van der Waals surface area contributed by atoms with Gasteiger partial charge in [0.2, 0.25) is 0 Å². The van der Waals surface area contributed by atoms with Crippen molar-refractivity contribution in [1.29, 1.82) is 0 Å². The van der Waals surface area contributed by atoms with Gasteiger partial charge in [-0.25, -0.2) is 4.98 Å². The number of likely N-dealkylation sites (tertiary alicyclic amines) is 1. The van der Waals surface area contributed by atoms with E-state index in [1.807, 2.05) is 32.2 Å². The number of nitrogens with zero attached hydrogens (tertiary/aromatic N) is 3. The van der Waals surface area contributed by atoms with Crippen LogP contribution in [-0.4, -0.2) is 54.4 Å². The highest BCUT2D eigenvalue weighted by molar-refractivity contribution is 5.91. The van der Waals surface area contributed by atoms with Crippen LogP contribution in [0.15, 0.2) is 42.7 Å². The van der Waals surface area contributed by atoms with E-state index in [-0.39, 0.29) is 0 Å². The van der Waals surface area contributed by atoms with Crippen molar-refractivity contribution >= 4 is 23.0 Å². The highest BCUT2D eigenvalue weighted by atomic mass is 16.1. The molecule has 2 aromatic heterocycles. The van der Waals surface area contributed by atoms with E-state index < -0.39 is 0 Å². The van der Waals surface area contributed by atoms with Gasteiger partial charge in [-0.3, -0.25) is 9.78 Å². The molecular formula is C26H31N5O. The topological polar surface area (TPSA) is 84.1 Å². The van der Waals surface area contributed by atoms with Crippen molar-refractivity contribution in [1.82, 2.24) is 20.2 Å². The summed E-state index contributed by atoms with van der Waals surface area (Å²) >= 11 is 0. The molecule has 1 aliphatic rings. The van der Waals surface area contributed by atoms with Gasteiger partial charge < -0.3 is 16.0 Å². The Hall–Kier alpha value is -3.27. The van der Waals surface area contributed by atoms with Gasteiger partial charge in [-0.15, -0.1) is 0 Å². The number of nitrogen functional groups attached to an aromatic ring is 1. The van der Waals surface area contributed by atoms with Crippen LogP contribution in [-0.2, 0) is 0 Å². The maximum Gasteiger partial charge on any atom is 0.150 e. The Morgan fingerprint density at radius 1 is 1.12 bits per heavy atom. The molecule has 166 valence electrons. The molecule has 6 heteroatoms. The first-order valence-electron chi connectivity index (χ1n) is 11.1. The number of hydrogen-bond donors (Lipinski definition) is 2. The average Bonchev–Trinajstić information content (AvgIpc) is 2.84. The van der Waals surface area contributed by atoms with Gasteiger partial charge in [0, 0.05) is 42.0 Å². The number of nitrogens with two attached hydrogens (primary N) is 1. The van der Waals surface area contributed by atoms with Crippen molar-refractivity contribution in [2.45, 2.75) is 26.2 Å². The molecule has 1 saturated heterocycles. The normalized spacial score (nSPS) is 13.6. The monoisotopic (exact) mass is 429 g/mol. The smallest absolute Gasteiger partial charge is 0.150 e. The third kappa shape index (κ3) is 6.36. The summed E-state index contributed by atoms with van der Waals surface area (Å²) in [6, 6.07) is 9.19. The molecule has 0 amide bonds. The van der Waals surface area contributed by atoms with Gasteiger partial charge in [-0.2, -0.15) is 0 Å². The average molecular weight is 430 g/mol. The van der Waals surface area contributed by atoms with Crippen molar-refractivity contribution in [2.75, 3.05) is 39.0 Å². The number of hydrogen-bond acceptors (Lipinski definition) is 6. The lowest BCUT2D eigenvalue weighted by atomic mass is 10.0. The Labute approximate surface area is 190 Å². The van der Waals surface area contributed by atoms with Crippen molar-refractivity contribution in [3.05, 3.63) is 65.0 Å². The van der Waals surface area contributed by atoms with Gasteiger partial charge in [-0.05, 0) is 63.7 Å². The van der Waals surface area contributed by atoms with E-state index >= 15 is 0 Å². The summed E-state index contributed by atoms with van der Waals surface area (Å²) in [5, 5.41) is 4.04. The summed E-state index contributed by atoms with van der Waals surface area (Å²) in [5.74, 6) is 6.59. The van der Waals surface area contributed by atoms with E-state index in [0.717, 1.165) is 34.9 Å². The van der Waals surface area contributed by atoms with Crippen LogP contribution in [0.4, 0.5) is 5.82 Å². The molecule has 3 heterocycles. The number of aryl methyl sites for hydroxylation is 1. The number of likely N-dealkylation sites (N-methyl/N-ethyl adjacent to an activating group) is 1. The fourth-order valence-corrected chi connectivity index (χ4v) is 3.63. The van der Waals surface area contributed by atoms with Crippen molar-refractivity contribution < 1.29 is 4.79 Å². The lowest BCUT2D eigenvalue weighted by molar-refractivity contribution is 0.112. The molecule has 6 nitrogen and oxygen atoms in total. The van der Waals surface area contributed by atoms with E-state index in [1.54, 1.807) is 24.5 Å². The maximum atomic E-state index is 10.9. The van der Waals surface area contributed by atoms with Crippen LogP contribution < -0.4 is 11.1 Å². The number of benzene rings is 1. The van der Waals surface area contributed by atoms with Crippen LogP contribution in [0.1, 0.15) is 46.3 Å². The number of aromatic nitrogens is 2. The Balaban J connectivity index is 0.000000243. The number of carbonyl (C=O) groups excluding carboxylic acids is 1. The molecule has 0 radical (unpaired) electrons. The zero-order chi connectivity index (χ0) is 22.8. The second-order valence-electron chi connectivity index (χ2n) is 7.90. The zero-order valence-electron chi connectivity index (χ0n) is 18.9. The molecule has 0 atom stereocenters. The number of anilines is 1. The summed E-state index contributed by atoms with van der Waals surface area (Å²) in [6.07, 6.45) is 8.39. The Kier molecular flexibility index (Phi) is 8.73. The fraction of sp³-hybridized carbons (Fsp3) is 0.346. The molecule has 1 fully saturated rings. The number of rotatable bonds is 4. The molecule has 4 rings (SSSR count). The van der Waals surface area contributed by atoms with E-state index in [4.69, 9.17) is 5.73 Å². The summed E-state index contributed by atoms with van der Waals surface area (Å²) < 4.78 is 0. The number of fused-ring (bicyclic) bond motifs is 1. The largest absolute Gasteiger partial charge is 0.382 e. The van der Waals surface area contributed by atoms with Crippen LogP contribution in [0, 0.1) is 18.8 Å². The van der Waals surface area contributed by atoms with E-state index in [9.17, 15) is 4.79 Å². The third-order valence-corrected chi connectivity index (χ3v) is 5.53. The number of piperidine rings is 1. The first kappa shape index (κ1) is 23.4. The molecule has 0 saturated carbocycles.